The van der Waals surface area contributed by atoms with Gasteiger partial charge < -0.3 is 5.11 Å². The van der Waals surface area contributed by atoms with E-state index in [0.29, 0.717) is 0 Å². The van der Waals surface area contributed by atoms with E-state index in [2.05, 4.69) is 36.5 Å². The van der Waals surface area contributed by atoms with Crippen LogP contribution in [0.1, 0.15) is 12.8 Å². The Labute approximate surface area is 85.7 Å². The third kappa shape index (κ3) is 3.35. The molecule has 1 nitrogen and oxygen atoms in total. The zero-order valence-corrected chi connectivity index (χ0v) is 8.78. The molecule has 0 heterocycles. The van der Waals surface area contributed by atoms with Crippen molar-refractivity contribution in [2.24, 2.45) is 0 Å². The second-order valence-corrected chi connectivity index (χ2v) is 4.24. The van der Waals surface area contributed by atoms with Gasteiger partial charge in [-0.05, 0) is 0 Å². The summed E-state index contributed by atoms with van der Waals surface area (Å²) >= 11 is 1.18. The summed E-state index contributed by atoms with van der Waals surface area (Å²) in [6, 6.07) is 0. The summed E-state index contributed by atoms with van der Waals surface area (Å²) in [4.78, 5) is 0. The fraction of sp³-hybridized carbons (Fsp3) is 0.273. The Morgan fingerprint density at radius 3 is 1.77 bits per heavy atom. The van der Waals surface area contributed by atoms with Crippen LogP contribution in [0.2, 0.25) is 0 Å². The van der Waals surface area contributed by atoms with Gasteiger partial charge in [0.1, 0.15) is 0 Å². The van der Waals surface area contributed by atoms with Gasteiger partial charge in [-0.3, -0.25) is 0 Å². The molecule has 0 saturated heterocycles. The standard InChI is InChI=1S/2C5H5.CH4O.Fe/c2*1-2-4-5-3-1;1-2;/h2*1-3H,4H2;2H,1H3;. The molecule has 0 aromatic rings. The smallest absolute Gasteiger partial charge is 0.0319 e. The van der Waals surface area contributed by atoms with E-state index in [9.17, 15) is 0 Å². The van der Waals surface area contributed by atoms with E-state index in [4.69, 9.17) is 5.11 Å². The summed E-state index contributed by atoms with van der Waals surface area (Å²) in [5.74, 6) is 0. The Hall–Kier alpha value is -0.561. The molecule has 0 aliphatic heterocycles. The first-order chi connectivity index (χ1) is 6.45. The van der Waals surface area contributed by atoms with Crippen LogP contribution in [0.3, 0.4) is 0 Å². The topological polar surface area (TPSA) is 20.2 Å². The molecule has 2 heteroatoms. The molecule has 13 heavy (non-hydrogen) atoms. The van der Waals surface area contributed by atoms with E-state index in [1.165, 1.54) is 15.0 Å². The molecule has 0 bridgehead atoms. The van der Waals surface area contributed by atoms with Crippen molar-refractivity contribution < 1.29 is 20.1 Å². The summed E-state index contributed by atoms with van der Waals surface area (Å²) in [7, 11) is 1.00. The van der Waals surface area contributed by atoms with Gasteiger partial charge >= 0.3 is 73.2 Å². The average molecular weight is 218 g/mol. The predicted molar refractivity (Wildman–Crippen MR) is 51.8 cm³/mol. The monoisotopic (exact) mass is 218 g/mol. The van der Waals surface area contributed by atoms with Crippen molar-refractivity contribution >= 4 is 0 Å². The van der Waals surface area contributed by atoms with Crippen molar-refractivity contribution in [1.29, 1.82) is 0 Å². The van der Waals surface area contributed by atoms with Gasteiger partial charge in [0.2, 0.25) is 0 Å². The molecule has 0 aromatic carbocycles. The molecular weight excluding hydrogens is 204 g/mol. The van der Waals surface area contributed by atoms with Gasteiger partial charge in [0, 0.05) is 7.11 Å². The third-order valence-corrected chi connectivity index (χ3v) is 3.19. The van der Waals surface area contributed by atoms with E-state index in [-0.39, 0.29) is 0 Å². The summed E-state index contributed by atoms with van der Waals surface area (Å²) in [6.45, 7) is 0. The molecule has 0 amide bonds. The number of hydrogen-bond acceptors (Lipinski definition) is 1. The second kappa shape index (κ2) is 5.98. The van der Waals surface area contributed by atoms with E-state index < -0.39 is 0 Å². The Morgan fingerprint density at radius 1 is 1.00 bits per heavy atom. The van der Waals surface area contributed by atoms with Gasteiger partial charge in [0.25, 0.3) is 0 Å². The Bertz CT molecular complexity index is 244. The number of allylic oxidation sites excluding steroid dienone is 8. The van der Waals surface area contributed by atoms with Crippen molar-refractivity contribution in [3.63, 3.8) is 0 Å². The first kappa shape index (κ1) is 10.5. The van der Waals surface area contributed by atoms with Crippen LogP contribution in [0.15, 0.2) is 45.4 Å². The SMILES string of the molecule is C1=CC[C]([Fe][C]2=CC=CC2)=C1.CO. The fourth-order valence-electron chi connectivity index (χ4n) is 1.11. The van der Waals surface area contributed by atoms with Gasteiger partial charge in [0.05, 0.1) is 0 Å². The number of aliphatic hydroxyl groups is 1. The summed E-state index contributed by atoms with van der Waals surface area (Å²) in [6.07, 6.45) is 15.5. The van der Waals surface area contributed by atoms with Crippen molar-refractivity contribution in [1.82, 2.24) is 0 Å². The summed E-state index contributed by atoms with van der Waals surface area (Å²) in [5.41, 5.74) is 0. The van der Waals surface area contributed by atoms with Crippen LogP contribution < -0.4 is 0 Å². The van der Waals surface area contributed by atoms with Crippen LogP contribution in [0.4, 0.5) is 0 Å². The number of rotatable bonds is 2. The molecule has 0 radical (unpaired) electrons. The zero-order chi connectivity index (χ0) is 9.52. The van der Waals surface area contributed by atoms with Crippen molar-refractivity contribution in [3.8, 4) is 0 Å². The van der Waals surface area contributed by atoms with Gasteiger partial charge in [-0.2, -0.15) is 0 Å². The molecular formula is C11H14FeO. The first-order valence-electron chi connectivity index (χ1n) is 4.24. The fourth-order valence-corrected chi connectivity index (χ4v) is 2.45. The van der Waals surface area contributed by atoms with Gasteiger partial charge in [-0.25, -0.2) is 0 Å². The normalized spacial score (nSPS) is 18.3. The van der Waals surface area contributed by atoms with Crippen LogP contribution in [-0.2, 0) is 15.0 Å². The predicted octanol–water partition coefficient (Wildman–Crippen LogP) is 2.37. The zero-order valence-electron chi connectivity index (χ0n) is 7.68. The maximum atomic E-state index is 7.00. The number of aliphatic hydroxyl groups excluding tert-OH is 1. The van der Waals surface area contributed by atoms with Crippen molar-refractivity contribution in [2.45, 2.75) is 12.8 Å². The minimum absolute atomic E-state index is 1.00. The van der Waals surface area contributed by atoms with Gasteiger partial charge in [-0.1, -0.05) is 0 Å². The Morgan fingerprint density at radius 2 is 1.46 bits per heavy atom. The Balaban J connectivity index is 0.000000396. The minimum atomic E-state index is 1.00. The molecule has 2 aliphatic rings. The molecule has 0 saturated carbocycles. The van der Waals surface area contributed by atoms with E-state index >= 15 is 0 Å². The maximum absolute atomic E-state index is 7.00. The van der Waals surface area contributed by atoms with Gasteiger partial charge in [-0.15, -0.1) is 0 Å². The average Bonchev–Trinajstić information content (AvgIpc) is 2.81. The van der Waals surface area contributed by atoms with Crippen LogP contribution in [-0.4, -0.2) is 12.2 Å². The van der Waals surface area contributed by atoms with Crippen LogP contribution in [0.5, 0.6) is 0 Å². The Kier molecular flexibility index (Phi) is 4.84. The van der Waals surface area contributed by atoms with Crippen LogP contribution in [0.25, 0.3) is 0 Å². The number of hydrogen-bond donors (Lipinski definition) is 1. The molecule has 0 spiro atoms. The first-order valence-corrected chi connectivity index (χ1v) is 5.34. The molecule has 0 atom stereocenters. The molecule has 72 valence electrons. The molecule has 2 rings (SSSR count). The van der Waals surface area contributed by atoms with Gasteiger partial charge in [0.15, 0.2) is 0 Å². The molecule has 1 N–H and O–H groups in total. The molecule has 0 aromatic heterocycles. The van der Waals surface area contributed by atoms with Crippen LogP contribution in [0, 0.1) is 0 Å². The third-order valence-electron chi connectivity index (χ3n) is 1.66. The summed E-state index contributed by atoms with van der Waals surface area (Å²) < 4.78 is 3.11. The van der Waals surface area contributed by atoms with Crippen LogP contribution >= 0.6 is 0 Å². The van der Waals surface area contributed by atoms with E-state index in [1.54, 1.807) is 8.94 Å². The molecule has 2 aliphatic carbocycles. The van der Waals surface area contributed by atoms with E-state index in [1.807, 2.05) is 0 Å². The minimum Gasteiger partial charge on any atom is -0.400 e. The summed E-state index contributed by atoms with van der Waals surface area (Å²) in [5, 5.41) is 7.00. The molecule has 0 fully saturated rings. The van der Waals surface area contributed by atoms with E-state index in [0.717, 1.165) is 20.0 Å². The maximum Gasteiger partial charge on any atom is 0.0319 e. The quantitative estimate of drug-likeness (QED) is 0.705. The van der Waals surface area contributed by atoms with Crippen molar-refractivity contribution in [3.05, 3.63) is 45.4 Å². The largest absolute Gasteiger partial charge is 0.400 e. The van der Waals surface area contributed by atoms with Crippen molar-refractivity contribution in [2.75, 3.05) is 7.11 Å². The second-order valence-electron chi connectivity index (χ2n) is 2.55. The molecule has 0 unspecified atom stereocenters.